The molecule has 0 bridgehead atoms. The molecule has 0 saturated heterocycles. The number of rotatable bonds is 6. The van der Waals surface area contributed by atoms with Crippen LogP contribution in [0, 0.1) is 5.92 Å². The molecule has 0 amide bonds. The molecule has 0 radical (unpaired) electrons. The second kappa shape index (κ2) is 6.27. The molecule has 0 fully saturated rings. The molecule has 0 aliphatic heterocycles. The van der Waals surface area contributed by atoms with Crippen molar-refractivity contribution in [3.05, 3.63) is 22.6 Å². The second-order valence-corrected chi connectivity index (χ2v) is 3.98. The summed E-state index contributed by atoms with van der Waals surface area (Å²) < 4.78 is 1.37. The zero-order valence-corrected chi connectivity index (χ0v) is 9.81. The number of nitrogens with one attached hydrogen (secondary N) is 1. The predicted molar refractivity (Wildman–Crippen MR) is 63.5 cm³/mol. The van der Waals surface area contributed by atoms with Crippen LogP contribution in [0.2, 0.25) is 0 Å². The highest BCUT2D eigenvalue weighted by Crippen LogP contribution is 2.01. The van der Waals surface area contributed by atoms with Gasteiger partial charge in [-0.2, -0.15) is 5.10 Å². The van der Waals surface area contributed by atoms with Crippen molar-refractivity contribution < 1.29 is 5.11 Å². The molecule has 90 valence electrons. The first-order chi connectivity index (χ1) is 7.67. The van der Waals surface area contributed by atoms with Crippen LogP contribution in [0.3, 0.4) is 0 Å². The number of nitrogens with zero attached hydrogens (tertiary/aromatic N) is 2. The first-order valence-electron chi connectivity index (χ1n) is 5.59. The molecule has 5 heteroatoms. The predicted octanol–water partition coefficient (Wildman–Crippen LogP) is 0.694. The normalized spacial score (nSPS) is 12.4. The molecule has 0 aliphatic rings. The molecule has 0 aliphatic carbocycles. The SMILES string of the molecule is CCCNc1cnn(CC(C)CO)c(=O)c1. The molecule has 5 nitrogen and oxygen atoms in total. The molecule has 1 atom stereocenters. The lowest BCUT2D eigenvalue weighted by Crippen LogP contribution is -2.26. The lowest BCUT2D eigenvalue weighted by atomic mass is 10.2. The quantitative estimate of drug-likeness (QED) is 0.747. The lowest BCUT2D eigenvalue weighted by Gasteiger charge is -2.10. The Bertz CT molecular complexity index is 376. The van der Waals surface area contributed by atoms with Crippen LogP contribution >= 0.6 is 0 Å². The van der Waals surface area contributed by atoms with Gasteiger partial charge < -0.3 is 10.4 Å². The van der Waals surface area contributed by atoms with Crippen molar-refractivity contribution in [3.8, 4) is 0 Å². The maximum absolute atomic E-state index is 11.6. The summed E-state index contributed by atoms with van der Waals surface area (Å²) in [5.74, 6) is 0.0413. The van der Waals surface area contributed by atoms with E-state index in [0.717, 1.165) is 18.7 Å². The van der Waals surface area contributed by atoms with Gasteiger partial charge in [-0.25, -0.2) is 4.68 Å². The Morgan fingerprint density at radius 2 is 2.38 bits per heavy atom. The number of hydrogen-bond acceptors (Lipinski definition) is 4. The van der Waals surface area contributed by atoms with Crippen LogP contribution in [-0.4, -0.2) is 28.0 Å². The van der Waals surface area contributed by atoms with E-state index in [9.17, 15) is 4.79 Å². The number of anilines is 1. The van der Waals surface area contributed by atoms with E-state index in [0.29, 0.717) is 6.54 Å². The van der Waals surface area contributed by atoms with Gasteiger partial charge in [-0.3, -0.25) is 4.79 Å². The van der Waals surface area contributed by atoms with Crippen molar-refractivity contribution >= 4 is 5.69 Å². The van der Waals surface area contributed by atoms with Crippen molar-refractivity contribution in [1.82, 2.24) is 9.78 Å². The number of hydrogen-bond donors (Lipinski definition) is 2. The molecule has 1 unspecified atom stereocenters. The minimum absolute atomic E-state index is 0.0413. The number of aliphatic hydroxyl groups excluding tert-OH is 1. The standard InChI is InChI=1S/C11H19N3O2/c1-3-4-12-10-5-11(16)14(13-6-10)7-9(2)8-15/h5-6,9,12,15H,3-4,7-8H2,1-2H3. The van der Waals surface area contributed by atoms with Crippen LogP contribution in [0.25, 0.3) is 0 Å². The minimum atomic E-state index is -0.138. The zero-order valence-electron chi connectivity index (χ0n) is 9.81. The summed E-state index contributed by atoms with van der Waals surface area (Å²) in [5.41, 5.74) is 0.612. The largest absolute Gasteiger partial charge is 0.396 e. The fraction of sp³-hybridized carbons (Fsp3) is 0.636. The molecule has 1 aromatic heterocycles. The molecule has 0 saturated carbocycles. The third-order valence-electron chi connectivity index (χ3n) is 2.24. The molecule has 0 aromatic carbocycles. The van der Waals surface area contributed by atoms with Gasteiger partial charge in [-0.15, -0.1) is 0 Å². The van der Waals surface area contributed by atoms with Crippen LogP contribution < -0.4 is 10.9 Å². The first kappa shape index (κ1) is 12.7. The molecule has 1 rings (SSSR count). The minimum Gasteiger partial charge on any atom is -0.396 e. The zero-order chi connectivity index (χ0) is 12.0. The molecule has 16 heavy (non-hydrogen) atoms. The van der Waals surface area contributed by atoms with Crippen LogP contribution in [-0.2, 0) is 6.54 Å². The van der Waals surface area contributed by atoms with E-state index in [-0.39, 0.29) is 18.1 Å². The molecule has 1 heterocycles. The van der Waals surface area contributed by atoms with E-state index in [4.69, 9.17) is 5.11 Å². The van der Waals surface area contributed by atoms with E-state index in [1.165, 1.54) is 10.7 Å². The van der Waals surface area contributed by atoms with Gasteiger partial charge in [-0.1, -0.05) is 13.8 Å². The Kier molecular flexibility index (Phi) is 4.98. The average molecular weight is 225 g/mol. The van der Waals surface area contributed by atoms with E-state index in [2.05, 4.69) is 17.3 Å². The molecule has 2 N–H and O–H groups in total. The summed E-state index contributed by atoms with van der Waals surface area (Å²) in [6.07, 6.45) is 2.64. The monoisotopic (exact) mass is 225 g/mol. The Morgan fingerprint density at radius 3 is 2.94 bits per heavy atom. The third-order valence-corrected chi connectivity index (χ3v) is 2.24. The Balaban J connectivity index is 2.71. The lowest BCUT2D eigenvalue weighted by molar-refractivity contribution is 0.217. The van der Waals surface area contributed by atoms with Crippen LogP contribution in [0.4, 0.5) is 5.69 Å². The van der Waals surface area contributed by atoms with Gasteiger partial charge in [0.15, 0.2) is 0 Å². The molecular formula is C11H19N3O2. The maximum atomic E-state index is 11.6. The van der Waals surface area contributed by atoms with E-state index in [1.807, 2.05) is 6.92 Å². The van der Waals surface area contributed by atoms with Gasteiger partial charge in [0.25, 0.3) is 5.56 Å². The summed E-state index contributed by atoms with van der Waals surface area (Å²) >= 11 is 0. The second-order valence-electron chi connectivity index (χ2n) is 3.98. The average Bonchev–Trinajstić information content (AvgIpc) is 2.29. The van der Waals surface area contributed by atoms with E-state index in [1.54, 1.807) is 6.20 Å². The van der Waals surface area contributed by atoms with Gasteiger partial charge in [-0.05, 0) is 12.3 Å². The van der Waals surface area contributed by atoms with Crippen LogP contribution in [0.1, 0.15) is 20.3 Å². The van der Waals surface area contributed by atoms with Crippen molar-refractivity contribution in [2.75, 3.05) is 18.5 Å². The molecular weight excluding hydrogens is 206 g/mol. The highest BCUT2D eigenvalue weighted by Gasteiger charge is 2.04. The maximum Gasteiger partial charge on any atom is 0.268 e. The fourth-order valence-corrected chi connectivity index (χ4v) is 1.29. The summed E-state index contributed by atoms with van der Waals surface area (Å²) in [6.45, 7) is 5.27. The molecule has 1 aromatic rings. The van der Waals surface area contributed by atoms with Crippen molar-refractivity contribution in [2.24, 2.45) is 5.92 Å². The van der Waals surface area contributed by atoms with Gasteiger partial charge >= 0.3 is 0 Å². The smallest absolute Gasteiger partial charge is 0.268 e. The number of aliphatic hydroxyl groups is 1. The highest BCUT2D eigenvalue weighted by molar-refractivity contribution is 5.38. The number of aromatic nitrogens is 2. The fourth-order valence-electron chi connectivity index (χ4n) is 1.29. The van der Waals surface area contributed by atoms with Gasteiger partial charge in [0.1, 0.15) is 0 Å². The highest BCUT2D eigenvalue weighted by atomic mass is 16.3. The first-order valence-corrected chi connectivity index (χ1v) is 5.59. The summed E-state index contributed by atoms with van der Waals surface area (Å²) in [5, 5.41) is 16.1. The van der Waals surface area contributed by atoms with Crippen molar-refractivity contribution in [1.29, 1.82) is 0 Å². The van der Waals surface area contributed by atoms with Gasteiger partial charge in [0.2, 0.25) is 0 Å². The van der Waals surface area contributed by atoms with Crippen LogP contribution in [0.5, 0.6) is 0 Å². The summed E-state index contributed by atoms with van der Waals surface area (Å²) in [6, 6.07) is 1.53. The summed E-state index contributed by atoms with van der Waals surface area (Å²) in [4.78, 5) is 11.6. The third kappa shape index (κ3) is 3.66. The van der Waals surface area contributed by atoms with E-state index >= 15 is 0 Å². The Morgan fingerprint density at radius 1 is 1.62 bits per heavy atom. The molecule has 0 spiro atoms. The Hall–Kier alpha value is -1.36. The van der Waals surface area contributed by atoms with Crippen LogP contribution in [0.15, 0.2) is 17.1 Å². The Labute approximate surface area is 95.1 Å². The van der Waals surface area contributed by atoms with Gasteiger partial charge in [0.05, 0.1) is 11.9 Å². The summed E-state index contributed by atoms with van der Waals surface area (Å²) in [7, 11) is 0. The van der Waals surface area contributed by atoms with E-state index < -0.39 is 0 Å². The van der Waals surface area contributed by atoms with Crippen molar-refractivity contribution in [3.63, 3.8) is 0 Å². The topological polar surface area (TPSA) is 67.2 Å². The van der Waals surface area contributed by atoms with Gasteiger partial charge in [0, 0.05) is 25.8 Å². The van der Waals surface area contributed by atoms with Crippen molar-refractivity contribution in [2.45, 2.75) is 26.8 Å².